The Labute approximate surface area is 240 Å². The molecule has 0 aromatic heterocycles. The molecule has 1 N–H and O–H groups in total. The number of aliphatic carboxylic acids is 1. The highest BCUT2D eigenvalue weighted by Gasteiger charge is 2.32. The number of benzene rings is 3. The van der Waals surface area contributed by atoms with Crippen molar-refractivity contribution in [3.05, 3.63) is 92.5 Å². The monoisotopic (exact) mass is 567 g/mol. The zero-order chi connectivity index (χ0) is 27.5. The second-order valence-electron chi connectivity index (χ2n) is 10.6. The van der Waals surface area contributed by atoms with Crippen LogP contribution in [0.2, 0.25) is 10.0 Å². The van der Waals surface area contributed by atoms with Gasteiger partial charge in [-0.15, -0.1) is 0 Å². The van der Waals surface area contributed by atoms with Crippen LogP contribution in [-0.2, 0) is 24.2 Å². The molecule has 0 unspecified atom stereocenters. The Balaban J connectivity index is 1.31. The molecule has 0 amide bonds. The van der Waals surface area contributed by atoms with Crippen LogP contribution in [0.3, 0.4) is 0 Å². The van der Waals surface area contributed by atoms with Gasteiger partial charge in [-0.25, -0.2) is 0 Å². The molecule has 0 fully saturated rings. The minimum Gasteiger partial charge on any atom is -0.493 e. The van der Waals surface area contributed by atoms with Crippen molar-refractivity contribution in [3.8, 4) is 11.5 Å². The first kappa shape index (κ1) is 27.8. The normalized spacial score (nSPS) is 19.8. The summed E-state index contributed by atoms with van der Waals surface area (Å²) in [6.45, 7) is 6.27. The summed E-state index contributed by atoms with van der Waals surface area (Å²) in [5.41, 5.74) is 5.79. The van der Waals surface area contributed by atoms with Crippen LogP contribution in [0, 0.1) is 0 Å². The number of halogens is 2. The highest BCUT2D eigenvalue weighted by Crippen LogP contribution is 2.38. The molecule has 5 nitrogen and oxygen atoms in total. The Morgan fingerprint density at radius 2 is 1.82 bits per heavy atom. The maximum Gasteiger partial charge on any atom is 0.321 e. The molecule has 3 aromatic rings. The standard InChI is InChI=1S/C32H35Cl2NO4/c1-3-12-35-19-25-15-24-14-21(11-13-38-31(24)18-23(25)17-29(35)32(36)37)20-5-8-26(9-6-20)39-30(4-2)22-7-10-27(33)28(34)16-22/h5-10,15-16,18,21,29-30H,3-4,11-14,17,19H2,1-2H3,(H,36,37)/t21-,29+,30-/m1/s1. The molecule has 0 saturated carbocycles. The molecule has 0 bridgehead atoms. The lowest BCUT2D eigenvalue weighted by Crippen LogP contribution is -2.45. The van der Waals surface area contributed by atoms with E-state index in [-0.39, 0.29) is 6.10 Å². The number of hydrogen-bond donors (Lipinski definition) is 1. The molecule has 206 valence electrons. The van der Waals surface area contributed by atoms with Crippen LogP contribution in [0.4, 0.5) is 0 Å². The molecule has 39 heavy (non-hydrogen) atoms. The van der Waals surface area contributed by atoms with Crippen molar-refractivity contribution in [1.29, 1.82) is 0 Å². The number of carboxylic acid groups (broad SMARTS) is 1. The van der Waals surface area contributed by atoms with Gasteiger partial charge in [-0.05, 0) is 103 Å². The molecule has 0 radical (unpaired) electrons. The fourth-order valence-electron chi connectivity index (χ4n) is 5.83. The molecule has 0 spiro atoms. The van der Waals surface area contributed by atoms with E-state index in [4.69, 9.17) is 32.7 Å². The smallest absolute Gasteiger partial charge is 0.321 e. The fourth-order valence-corrected chi connectivity index (χ4v) is 6.13. The van der Waals surface area contributed by atoms with E-state index in [0.29, 0.717) is 35.5 Å². The highest BCUT2D eigenvalue weighted by atomic mass is 35.5. The lowest BCUT2D eigenvalue weighted by Gasteiger charge is -2.34. The van der Waals surface area contributed by atoms with Crippen LogP contribution in [-0.4, -0.2) is 35.2 Å². The van der Waals surface area contributed by atoms with E-state index in [1.54, 1.807) is 0 Å². The van der Waals surface area contributed by atoms with Gasteiger partial charge in [-0.2, -0.15) is 0 Å². The Bertz CT molecular complexity index is 1330. The van der Waals surface area contributed by atoms with Crippen molar-refractivity contribution in [1.82, 2.24) is 4.90 Å². The zero-order valence-electron chi connectivity index (χ0n) is 22.5. The summed E-state index contributed by atoms with van der Waals surface area (Å²) in [7, 11) is 0. The predicted molar refractivity (Wildman–Crippen MR) is 155 cm³/mol. The van der Waals surface area contributed by atoms with Crippen LogP contribution in [0.1, 0.15) is 72.9 Å². The summed E-state index contributed by atoms with van der Waals surface area (Å²) in [6, 6.07) is 17.9. The second kappa shape index (κ2) is 12.2. The van der Waals surface area contributed by atoms with Crippen molar-refractivity contribution in [2.45, 2.75) is 70.6 Å². The summed E-state index contributed by atoms with van der Waals surface area (Å²) in [5.74, 6) is 1.30. The third-order valence-corrected chi connectivity index (χ3v) is 8.65. The van der Waals surface area contributed by atoms with Crippen molar-refractivity contribution in [2.24, 2.45) is 0 Å². The number of ether oxygens (including phenoxy) is 2. The van der Waals surface area contributed by atoms with Gasteiger partial charge in [-0.1, -0.05) is 61.3 Å². The molecule has 2 aliphatic rings. The Morgan fingerprint density at radius 1 is 1.03 bits per heavy atom. The van der Waals surface area contributed by atoms with Crippen molar-refractivity contribution in [2.75, 3.05) is 13.2 Å². The quantitative estimate of drug-likeness (QED) is 0.300. The highest BCUT2D eigenvalue weighted by molar-refractivity contribution is 6.42. The minimum absolute atomic E-state index is 0.108. The third-order valence-electron chi connectivity index (χ3n) is 7.91. The molecular weight excluding hydrogens is 533 g/mol. The molecule has 0 saturated heterocycles. The van der Waals surface area contributed by atoms with Crippen molar-refractivity contribution < 1.29 is 19.4 Å². The lowest BCUT2D eigenvalue weighted by atomic mass is 9.86. The topological polar surface area (TPSA) is 59.0 Å². The van der Waals surface area contributed by atoms with Crippen LogP contribution < -0.4 is 9.47 Å². The second-order valence-corrected chi connectivity index (χ2v) is 11.4. The van der Waals surface area contributed by atoms with E-state index in [9.17, 15) is 9.90 Å². The molecule has 0 aliphatic carbocycles. The average Bonchev–Trinajstić information content (AvgIpc) is 3.14. The van der Waals surface area contributed by atoms with Gasteiger partial charge in [0.15, 0.2) is 0 Å². The van der Waals surface area contributed by atoms with Gasteiger partial charge in [0.1, 0.15) is 23.6 Å². The van der Waals surface area contributed by atoms with Crippen LogP contribution >= 0.6 is 23.2 Å². The van der Waals surface area contributed by atoms with E-state index >= 15 is 0 Å². The summed E-state index contributed by atoms with van der Waals surface area (Å²) in [4.78, 5) is 14.0. The summed E-state index contributed by atoms with van der Waals surface area (Å²) >= 11 is 12.3. The number of fused-ring (bicyclic) bond motifs is 2. The van der Waals surface area contributed by atoms with Gasteiger partial charge >= 0.3 is 5.97 Å². The van der Waals surface area contributed by atoms with Crippen LogP contribution in [0.15, 0.2) is 54.6 Å². The van der Waals surface area contributed by atoms with Crippen LogP contribution in [0.5, 0.6) is 11.5 Å². The van der Waals surface area contributed by atoms with Crippen molar-refractivity contribution >= 4 is 29.2 Å². The summed E-state index contributed by atoms with van der Waals surface area (Å²) in [6.07, 6.45) is 3.96. The summed E-state index contributed by atoms with van der Waals surface area (Å²) < 4.78 is 12.5. The average molecular weight is 569 g/mol. The fraction of sp³-hybridized carbons (Fsp3) is 0.406. The van der Waals surface area contributed by atoms with Gasteiger partial charge < -0.3 is 14.6 Å². The third kappa shape index (κ3) is 6.21. The number of carbonyl (C=O) groups is 1. The maximum atomic E-state index is 11.9. The first-order chi connectivity index (χ1) is 18.9. The Morgan fingerprint density at radius 3 is 2.51 bits per heavy atom. The largest absolute Gasteiger partial charge is 0.493 e. The maximum absolute atomic E-state index is 11.9. The first-order valence-electron chi connectivity index (χ1n) is 13.8. The number of hydrogen-bond acceptors (Lipinski definition) is 4. The van der Waals surface area contributed by atoms with Crippen LogP contribution in [0.25, 0.3) is 0 Å². The van der Waals surface area contributed by atoms with Gasteiger partial charge in [0.05, 0.1) is 16.7 Å². The molecule has 3 aromatic carbocycles. The summed E-state index contributed by atoms with van der Waals surface area (Å²) in [5, 5.41) is 10.8. The lowest BCUT2D eigenvalue weighted by molar-refractivity contribution is -0.144. The van der Waals surface area contributed by atoms with Gasteiger partial charge in [-0.3, -0.25) is 9.69 Å². The minimum atomic E-state index is -0.750. The van der Waals surface area contributed by atoms with Crippen molar-refractivity contribution in [3.63, 3.8) is 0 Å². The molecule has 3 atom stereocenters. The van der Waals surface area contributed by atoms with E-state index in [1.165, 1.54) is 16.7 Å². The molecule has 2 aliphatic heterocycles. The Kier molecular flexibility index (Phi) is 8.70. The number of rotatable bonds is 8. The van der Waals surface area contributed by atoms with Gasteiger partial charge in [0.25, 0.3) is 0 Å². The number of carboxylic acids is 1. The molecular formula is C32H35Cl2NO4. The Hall–Kier alpha value is -2.73. The van der Waals surface area contributed by atoms with Gasteiger partial charge in [0.2, 0.25) is 0 Å². The predicted octanol–water partition coefficient (Wildman–Crippen LogP) is 7.85. The van der Waals surface area contributed by atoms with E-state index in [0.717, 1.165) is 54.9 Å². The van der Waals surface area contributed by atoms with E-state index < -0.39 is 12.0 Å². The van der Waals surface area contributed by atoms with Gasteiger partial charge in [0, 0.05) is 6.54 Å². The molecule has 7 heteroatoms. The molecule has 5 rings (SSSR count). The first-order valence-corrected chi connectivity index (χ1v) is 14.6. The molecule has 2 heterocycles. The SMILES string of the molecule is CCCN1Cc2cc3c(cc2C[C@H]1C(=O)O)OCC[C@@H](c1ccc(O[C@H](CC)c2ccc(Cl)c(Cl)c2)cc1)C3. The number of nitrogens with zero attached hydrogens (tertiary/aromatic N) is 1. The van der Waals surface area contributed by atoms with E-state index in [2.05, 4.69) is 43.0 Å². The zero-order valence-corrected chi connectivity index (χ0v) is 24.0. The van der Waals surface area contributed by atoms with E-state index in [1.807, 2.05) is 30.3 Å².